The third kappa shape index (κ3) is 1.58. The number of benzene rings is 1. The number of nitrogens with one attached hydrogen (secondary N) is 1. The van der Waals surface area contributed by atoms with Crippen molar-refractivity contribution < 1.29 is 14.3 Å². The lowest BCUT2D eigenvalue weighted by Crippen LogP contribution is -2.30. The second-order valence-corrected chi connectivity index (χ2v) is 3.77. The zero-order valence-electron chi connectivity index (χ0n) is 8.85. The quantitative estimate of drug-likeness (QED) is 0.802. The number of aliphatic carboxylic acids is 1. The largest absolute Gasteiger partial charge is 0.480 e. The van der Waals surface area contributed by atoms with Crippen LogP contribution in [-0.2, 0) is 10.2 Å². The second-order valence-electron chi connectivity index (χ2n) is 3.77. The number of aromatic nitrogens is 1. The van der Waals surface area contributed by atoms with Gasteiger partial charge >= 0.3 is 11.7 Å². The molecule has 0 fully saturated rings. The molecule has 1 atom stereocenters. The molecule has 86 valence electrons. The van der Waals surface area contributed by atoms with Crippen LogP contribution >= 0.6 is 0 Å². The Balaban J connectivity index is 2.68. The molecule has 0 aliphatic carbocycles. The first kappa shape index (κ1) is 11.0. The number of hydrogen-bond acceptors (Lipinski definition) is 4. The first-order chi connectivity index (χ1) is 7.97. The summed E-state index contributed by atoms with van der Waals surface area (Å²) in [4.78, 5) is 24.5. The van der Waals surface area contributed by atoms with Crippen molar-refractivity contribution in [2.75, 3.05) is 0 Å². The molecule has 2 rings (SSSR count). The summed E-state index contributed by atoms with van der Waals surface area (Å²) in [6.45, 7) is 1.29. The number of nitriles is 1. The second kappa shape index (κ2) is 3.49. The Bertz CT molecular complexity index is 691. The average Bonchev–Trinajstić information content (AvgIpc) is 2.66. The highest BCUT2D eigenvalue weighted by Gasteiger charge is 2.35. The highest BCUT2D eigenvalue weighted by atomic mass is 16.4. The molecule has 0 saturated heterocycles. The number of rotatable bonds is 2. The van der Waals surface area contributed by atoms with Crippen LogP contribution in [0.3, 0.4) is 0 Å². The van der Waals surface area contributed by atoms with Gasteiger partial charge in [-0.1, -0.05) is 6.07 Å². The Kier molecular flexibility index (Phi) is 2.25. The van der Waals surface area contributed by atoms with Crippen molar-refractivity contribution in [1.29, 1.82) is 5.26 Å². The van der Waals surface area contributed by atoms with Crippen molar-refractivity contribution in [3.05, 3.63) is 34.3 Å². The topological polar surface area (TPSA) is 107 Å². The van der Waals surface area contributed by atoms with E-state index in [0.29, 0.717) is 5.52 Å². The minimum absolute atomic E-state index is 0.232. The molecule has 2 N–H and O–H groups in total. The van der Waals surface area contributed by atoms with E-state index in [1.165, 1.54) is 25.1 Å². The molecule has 1 heterocycles. The molecule has 1 unspecified atom stereocenters. The van der Waals surface area contributed by atoms with Crippen molar-refractivity contribution in [1.82, 2.24) is 4.98 Å². The van der Waals surface area contributed by atoms with E-state index in [0.717, 1.165) is 0 Å². The number of carboxylic acids is 1. The number of H-pyrrole nitrogens is 1. The van der Waals surface area contributed by atoms with Gasteiger partial charge in [0.1, 0.15) is 0 Å². The van der Waals surface area contributed by atoms with Gasteiger partial charge in [-0.3, -0.25) is 9.78 Å². The molecule has 0 saturated carbocycles. The molecule has 0 amide bonds. The van der Waals surface area contributed by atoms with E-state index in [2.05, 4.69) is 4.98 Å². The van der Waals surface area contributed by atoms with Crippen molar-refractivity contribution in [3.63, 3.8) is 0 Å². The fourth-order valence-corrected chi connectivity index (χ4v) is 1.49. The normalized spacial score (nSPS) is 14.1. The maximum atomic E-state index is 11.1. The maximum Gasteiger partial charge on any atom is 0.417 e. The Morgan fingerprint density at radius 3 is 2.88 bits per heavy atom. The van der Waals surface area contributed by atoms with Crippen molar-refractivity contribution >= 4 is 17.1 Å². The highest BCUT2D eigenvalue weighted by Crippen LogP contribution is 2.26. The van der Waals surface area contributed by atoms with Crippen LogP contribution in [-0.4, -0.2) is 16.1 Å². The van der Waals surface area contributed by atoms with E-state index in [9.17, 15) is 9.59 Å². The van der Waals surface area contributed by atoms with Gasteiger partial charge in [0.25, 0.3) is 0 Å². The Hall–Kier alpha value is -2.55. The van der Waals surface area contributed by atoms with Crippen LogP contribution in [0.15, 0.2) is 27.4 Å². The predicted octanol–water partition coefficient (Wildman–Crippen LogP) is 0.987. The average molecular weight is 232 g/mol. The van der Waals surface area contributed by atoms with Crippen LogP contribution in [0.5, 0.6) is 0 Å². The van der Waals surface area contributed by atoms with Gasteiger partial charge in [-0.25, -0.2) is 4.79 Å². The first-order valence-electron chi connectivity index (χ1n) is 4.75. The SMILES string of the molecule is CC(C#N)(C(=O)O)c1ccc2[nH]c(=O)oc2c1. The molecule has 6 nitrogen and oxygen atoms in total. The van der Waals surface area contributed by atoms with E-state index >= 15 is 0 Å². The van der Waals surface area contributed by atoms with Gasteiger partial charge in [0.05, 0.1) is 11.6 Å². The molecule has 0 spiro atoms. The van der Waals surface area contributed by atoms with Gasteiger partial charge < -0.3 is 9.52 Å². The third-order valence-corrected chi connectivity index (χ3v) is 2.65. The van der Waals surface area contributed by atoms with Crippen LogP contribution in [0.4, 0.5) is 0 Å². The molecule has 17 heavy (non-hydrogen) atoms. The number of aromatic amines is 1. The summed E-state index contributed by atoms with van der Waals surface area (Å²) in [5.74, 6) is -1.87. The summed E-state index contributed by atoms with van der Waals surface area (Å²) >= 11 is 0. The molecule has 0 aliphatic rings. The summed E-state index contributed by atoms with van der Waals surface area (Å²) in [6, 6.07) is 6.10. The smallest absolute Gasteiger partial charge is 0.417 e. The van der Waals surface area contributed by atoms with Crippen LogP contribution < -0.4 is 5.76 Å². The van der Waals surface area contributed by atoms with Crippen LogP contribution in [0, 0.1) is 11.3 Å². The van der Waals surface area contributed by atoms with E-state index in [1.807, 2.05) is 0 Å². The summed E-state index contributed by atoms with van der Waals surface area (Å²) in [6.07, 6.45) is 0. The Morgan fingerprint density at radius 1 is 1.59 bits per heavy atom. The van der Waals surface area contributed by atoms with Crippen LogP contribution in [0.2, 0.25) is 0 Å². The maximum absolute atomic E-state index is 11.1. The molecule has 1 aromatic carbocycles. The third-order valence-electron chi connectivity index (χ3n) is 2.65. The summed E-state index contributed by atoms with van der Waals surface area (Å²) < 4.78 is 4.81. The Labute approximate surface area is 95.1 Å². The molecule has 0 radical (unpaired) electrons. The van der Waals surface area contributed by atoms with Crippen molar-refractivity contribution in [3.8, 4) is 6.07 Å². The molecular weight excluding hydrogens is 224 g/mol. The summed E-state index contributed by atoms with van der Waals surface area (Å²) in [5, 5.41) is 18.0. The van der Waals surface area contributed by atoms with E-state index in [4.69, 9.17) is 14.8 Å². The van der Waals surface area contributed by atoms with Crippen molar-refractivity contribution in [2.24, 2.45) is 0 Å². The lowest BCUT2D eigenvalue weighted by Gasteiger charge is -2.15. The van der Waals surface area contributed by atoms with Crippen LogP contribution in [0.1, 0.15) is 12.5 Å². The van der Waals surface area contributed by atoms with Crippen molar-refractivity contribution in [2.45, 2.75) is 12.3 Å². The molecule has 0 bridgehead atoms. The number of nitrogens with zero attached hydrogens (tertiary/aromatic N) is 1. The standard InChI is InChI=1S/C11H8N2O4/c1-11(5-12,9(14)15)6-2-3-7-8(4-6)17-10(16)13-7/h2-4H,1H3,(H,13,16)(H,14,15). The highest BCUT2D eigenvalue weighted by molar-refractivity contribution is 5.86. The molecular formula is C11H8N2O4. The van der Waals surface area contributed by atoms with E-state index in [1.54, 1.807) is 6.07 Å². The van der Waals surface area contributed by atoms with Gasteiger partial charge in [0.2, 0.25) is 0 Å². The first-order valence-corrected chi connectivity index (χ1v) is 4.75. The lowest BCUT2D eigenvalue weighted by molar-refractivity contribution is -0.140. The number of carboxylic acid groups (broad SMARTS) is 1. The van der Waals surface area contributed by atoms with Gasteiger partial charge in [0, 0.05) is 0 Å². The lowest BCUT2D eigenvalue weighted by atomic mass is 9.84. The van der Waals surface area contributed by atoms with Gasteiger partial charge in [-0.15, -0.1) is 0 Å². The zero-order valence-corrected chi connectivity index (χ0v) is 8.85. The minimum Gasteiger partial charge on any atom is -0.480 e. The zero-order chi connectivity index (χ0) is 12.6. The Morgan fingerprint density at radius 2 is 2.29 bits per heavy atom. The predicted molar refractivity (Wildman–Crippen MR) is 57.4 cm³/mol. The van der Waals surface area contributed by atoms with Crippen LogP contribution in [0.25, 0.3) is 11.1 Å². The minimum atomic E-state index is -1.66. The van der Waals surface area contributed by atoms with E-state index < -0.39 is 17.1 Å². The molecule has 1 aromatic heterocycles. The fraction of sp³-hybridized carbons (Fsp3) is 0.182. The number of hydrogen-bond donors (Lipinski definition) is 2. The van der Waals surface area contributed by atoms with Gasteiger partial charge in [-0.05, 0) is 24.6 Å². The molecule has 0 aliphatic heterocycles. The monoisotopic (exact) mass is 232 g/mol. The molecule has 6 heteroatoms. The summed E-state index contributed by atoms with van der Waals surface area (Å²) in [7, 11) is 0. The van der Waals surface area contributed by atoms with Gasteiger partial charge in [-0.2, -0.15) is 5.26 Å². The number of oxazole rings is 1. The number of carbonyl (C=O) groups is 1. The van der Waals surface area contributed by atoms with E-state index in [-0.39, 0.29) is 11.1 Å². The number of fused-ring (bicyclic) bond motifs is 1. The fourth-order valence-electron chi connectivity index (χ4n) is 1.49. The summed E-state index contributed by atoms with van der Waals surface area (Å²) in [5.41, 5.74) is -0.702. The molecule has 2 aromatic rings. The van der Waals surface area contributed by atoms with Gasteiger partial charge in [0.15, 0.2) is 11.0 Å².